The van der Waals surface area contributed by atoms with E-state index in [1.807, 2.05) is 25.1 Å². The first kappa shape index (κ1) is 14.1. The number of nitriles is 1. The third kappa shape index (κ3) is 2.79. The van der Waals surface area contributed by atoms with Crippen LogP contribution in [0.25, 0.3) is 0 Å². The Hall–Kier alpha value is -1.86. The second-order valence-corrected chi connectivity index (χ2v) is 6.41. The number of rotatable bonds is 1. The molecule has 1 aromatic rings. The molecule has 3 rings (SSSR count). The van der Waals surface area contributed by atoms with Crippen LogP contribution >= 0.6 is 0 Å². The van der Waals surface area contributed by atoms with Crippen molar-refractivity contribution in [2.24, 2.45) is 5.41 Å². The number of nitrogens with zero attached hydrogens (tertiary/aromatic N) is 2. The minimum atomic E-state index is -0.222. The van der Waals surface area contributed by atoms with Gasteiger partial charge in [0.2, 0.25) is 5.91 Å². The van der Waals surface area contributed by atoms with E-state index in [-0.39, 0.29) is 17.4 Å². The monoisotopic (exact) mass is 283 g/mol. The van der Waals surface area contributed by atoms with Crippen LogP contribution < -0.4 is 5.32 Å². The molecule has 1 fully saturated rings. The first-order valence-corrected chi connectivity index (χ1v) is 7.65. The van der Waals surface area contributed by atoms with Gasteiger partial charge in [0.15, 0.2) is 0 Å². The van der Waals surface area contributed by atoms with E-state index in [0.717, 1.165) is 44.5 Å². The van der Waals surface area contributed by atoms with E-state index in [4.69, 9.17) is 0 Å². The summed E-state index contributed by atoms with van der Waals surface area (Å²) in [7, 11) is 0. The molecule has 110 valence electrons. The van der Waals surface area contributed by atoms with Gasteiger partial charge in [-0.05, 0) is 44.2 Å². The molecule has 1 saturated heterocycles. The Morgan fingerprint density at radius 1 is 1.33 bits per heavy atom. The maximum absolute atomic E-state index is 12.5. The van der Waals surface area contributed by atoms with Crippen molar-refractivity contribution >= 4 is 11.6 Å². The summed E-state index contributed by atoms with van der Waals surface area (Å²) < 4.78 is 0. The van der Waals surface area contributed by atoms with Gasteiger partial charge in [-0.25, -0.2) is 0 Å². The lowest BCUT2D eigenvalue weighted by Gasteiger charge is -2.38. The number of anilines is 1. The Kier molecular flexibility index (Phi) is 3.69. The SMILES string of the molecule is CC1(C#N)CCN(C2CCc3ccccc3NC2=O)CC1. The van der Waals surface area contributed by atoms with E-state index in [9.17, 15) is 10.1 Å². The molecule has 1 aromatic carbocycles. The lowest BCUT2D eigenvalue weighted by atomic mass is 9.81. The molecule has 1 atom stereocenters. The van der Waals surface area contributed by atoms with Gasteiger partial charge < -0.3 is 5.32 Å². The van der Waals surface area contributed by atoms with Crippen molar-refractivity contribution in [1.29, 1.82) is 5.26 Å². The van der Waals surface area contributed by atoms with E-state index >= 15 is 0 Å². The minimum absolute atomic E-state index is 0.0688. The molecule has 0 aliphatic carbocycles. The number of hydrogen-bond acceptors (Lipinski definition) is 3. The lowest BCUT2D eigenvalue weighted by molar-refractivity contribution is -0.122. The standard InChI is InChI=1S/C17H21N3O/c1-17(12-18)8-10-20(11-9-17)15-7-6-13-4-2-3-5-14(13)19-16(15)21/h2-5,15H,6-11H2,1H3,(H,19,21). The maximum atomic E-state index is 12.5. The zero-order valence-corrected chi connectivity index (χ0v) is 12.4. The van der Waals surface area contributed by atoms with E-state index in [1.54, 1.807) is 0 Å². The number of para-hydroxylation sites is 1. The topological polar surface area (TPSA) is 56.1 Å². The zero-order valence-electron chi connectivity index (χ0n) is 12.4. The van der Waals surface area contributed by atoms with Crippen LogP contribution in [0.2, 0.25) is 0 Å². The third-order valence-corrected chi connectivity index (χ3v) is 4.88. The van der Waals surface area contributed by atoms with E-state index in [2.05, 4.69) is 22.4 Å². The molecular formula is C17H21N3O. The highest BCUT2D eigenvalue weighted by Gasteiger charge is 2.36. The van der Waals surface area contributed by atoms with Crippen molar-refractivity contribution in [3.8, 4) is 6.07 Å². The molecule has 0 aromatic heterocycles. The molecule has 2 heterocycles. The van der Waals surface area contributed by atoms with Crippen molar-refractivity contribution in [3.05, 3.63) is 29.8 Å². The minimum Gasteiger partial charge on any atom is -0.324 e. The van der Waals surface area contributed by atoms with Crippen molar-refractivity contribution in [3.63, 3.8) is 0 Å². The average Bonchev–Trinajstić information content (AvgIpc) is 2.67. The van der Waals surface area contributed by atoms with E-state index in [1.165, 1.54) is 5.56 Å². The smallest absolute Gasteiger partial charge is 0.241 e. The Labute approximate surface area is 125 Å². The first-order valence-electron chi connectivity index (χ1n) is 7.65. The van der Waals surface area contributed by atoms with Crippen molar-refractivity contribution in [2.75, 3.05) is 18.4 Å². The number of carbonyl (C=O) groups is 1. The van der Waals surface area contributed by atoms with Gasteiger partial charge in [0.1, 0.15) is 0 Å². The van der Waals surface area contributed by atoms with Gasteiger partial charge >= 0.3 is 0 Å². The Morgan fingerprint density at radius 2 is 2.05 bits per heavy atom. The number of aryl methyl sites for hydroxylation is 1. The summed E-state index contributed by atoms with van der Waals surface area (Å²) in [5.74, 6) is 0.0977. The van der Waals surface area contributed by atoms with Crippen LogP contribution in [0.5, 0.6) is 0 Å². The molecule has 1 N–H and O–H groups in total. The Balaban J connectivity index is 1.71. The van der Waals surface area contributed by atoms with Crippen LogP contribution in [0.1, 0.15) is 31.7 Å². The third-order valence-electron chi connectivity index (χ3n) is 4.88. The molecule has 0 bridgehead atoms. The summed E-state index contributed by atoms with van der Waals surface area (Å²) in [6.45, 7) is 3.68. The van der Waals surface area contributed by atoms with Crippen LogP contribution in [0.4, 0.5) is 5.69 Å². The quantitative estimate of drug-likeness (QED) is 0.861. The van der Waals surface area contributed by atoms with Gasteiger partial charge in [-0.2, -0.15) is 5.26 Å². The summed E-state index contributed by atoms with van der Waals surface area (Å²) in [5, 5.41) is 12.3. The molecule has 2 aliphatic heterocycles. The van der Waals surface area contributed by atoms with Crippen LogP contribution in [-0.4, -0.2) is 29.9 Å². The number of hydrogen-bond donors (Lipinski definition) is 1. The van der Waals surface area contributed by atoms with Gasteiger partial charge in [-0.3, -0.25) is 9.69 Å². The van der Waals surface area contributed by atoms with Crippen LogP contribution in [0.15, 0.2) is 24.3 Å². The Morgan fingerprint density at radius 3 is 2.76 bits per heavy atom. The number of benzene rings is 1. The van der Waals surface area contributed by atoms with Gasteiger partial charge in [-0.15, -0.1) is 0 Å². The highest BCUT2D eigenvalue weighted by Crippen LogP contribution is 2.32. The average molecular weight is 283 g/mol. The molecule has 4 nitrogen and oxygen atoms in total. The largest absolute Gasteiger partial charge is 0.324 e. The number of nitrogens with one attached hydrogen (secondary N) is 1. The number of likely N-dealkylation sites (tertiary alicyclic amines) is 1. The summed E-state index contributed by atoms with van der Waals surface area (Å²) in [4.78, 5) is 14.7. The molecule has 21 heavy (non-hydrogen) atoms. The zero-order chi connectivity index (χ0) is 14.9. The fraction of sp³-hybridized carbons (Fsp3) is 0.529. The molecule has 4 heteroatoms. The van der Waals surface area contributed by atoms with Crippen LogP contribution in [0.3, 0.4) is 0 Å². The van der Waals surface area contributed by atoms with Crippen molar-refractivity contribution in [2.45, 2.75) is 38.6 Å². The van der Waals surface area contributed by atoms with Gasteiger partial charge in [-0.1, -0.05) is 18.2 Å². The maximum Gasteiger partial charge on any atom is 0.241 e. The van der Waals surface area contributed by atoms with Gasteiger partial charge in [0.05, 0.1) is 17.5 Å². The van der Waals surface area contributed by atoms with Gasteiger partial charge in [0.25, 0.3) is 0 Å². The molecule has 2 aliphatic rings. The number of amides is 1. The van der Waals surface area contributed by atoms with Gasteiger partial charge in [0, 0.05) is 18.8 Å². The predicted molar refractivity (Wildman–Crippen MR) is 81.7 cm³/mol. The second-order valence-electron chi connectivity index (χ2n) is 6.41. The summed E-state index contributed by atoms with van der Waals surface area (Å²) >= 11 is 0. The highest BCUT2D eigenvalue weighted by molar-refractivity contribution is 5.96. The van der Waals surface area contributed by atoms with Crippen LogP contribution in [0, 0.1) is 16.7 Å². The van der Waals surface area contributed by atoms with Crippen molar-refractivity contribution in [1.82, 2.24) is 4.90 Å². The number of carbonyl (C=O) groups excluding carboxylic acids is 1. The van der Waals surface area contributed by atoms with Crippen LogP contribution in [-0.2, 0) is 11.2 Å². The molecular weight excluding hydrogens is 262 g/mol. The number of fused-ring (bicyclic) bond motifs is 1. The summed E-state index contributed by atoms with van der Waals surface area (Å²) in [5.41, 5.74) is 1.94. The molecule has 1 amide bonds. The molecule has 0 spiro atoms. The molecule has 0 saturated carbocycles. The fourth-order valence-corrected chi connectivity index (χ4v) is 3.29. The van der Waals surface area contributed by atoms with Crippen molar-refractivity contribution < 1.29 is 4.79 Å². The summed E-state index contributed by atoms with van der Waals surface area (Å²) in [6.07, 6.45) is 3.47. The molecule has 0 radical (unpaired) electrons. The second kappa shape index (κ2) is 5.50. The van der Waals surface area contributed by atoms with E-state index < -0.39 is 0 Å². The first-order chi connectivity index (χ1) is 10.1. The normalized spacial score (nSPS) is 25.3. The molecule has 1 unspecified atom stereocenters. The summed E-state index contributed by atoms with van der Waals surface area (Å²) in [6, 6.07) is 10.4. The fourth-order valence-electron chi connectivity index (χ4n) is 3.29. The number of piperidine rings is 1. The van der Waals surface area contributed by atoms with E-state index in [0.29, 0.717) is 0 Å². The highest BCUT2D eigenvalue weighted by atomic mass is 16.2. The predicted octanol–water partition coefficient (Wildman–Crippen LogP) is 2.57. The lowest BCUT2D eigenvalue weighted by Crippen LogP contribution is -2.49. The Bertz CT molecular complexity index is 582.